The molecule has 4 heterocycles. The number of allylic oxidation sites excluding steroid dienone is 2. The summed E-state index contributed by atoms with van der Waals surface area (Å²) < 4.78 is 8.62. The Bertz CT molecular complexity index is 2640. The van der Waals surface area contributed by atoms with Crippen LogP contribution in [0.25, 0.3) is 20.7 Å². The second-order valence-electron chi connectivity index (χ2n) is 15.4. The smallest absolute Gasteiger partial charge is 0.488 e. The molecule has 0 spiro atoms. The number of amides is 4. The number of benzene rings is 3. The fraction of sp³-hybridized carbons (Fsp3) is 0.293. The van der Waals surface area contributed by atoms with E-state index >= 15 is 4.79 Å². The highest BCUT2D eigenvalue weighted by atomic mass is 127. The van der Waals surface area contributed by atoms with Gasteiger partial charge in [0.1, 0.15) is 11.5 Å². The van der Waals surface area contributed by atoms with Crippen molar-refractivity contribution in [1.82, 2.24) is 9.78 Å². The number of aromatic nitrogens is 2. The number of hydrogen-bond donors (Lipinski definition) is 3. The van der Waals surface area contributed by atoms with Crippen LogP contribution in [0, 0.1) is 39.6 Å². The van der Waals surface area contributed by atoms with Crippen LogP contribution in [-0.2, 0) is 26.2 Å². The molecule has 16 heteroatoms. The maximum atomic E-state index is 15.2. The molecule has 2 aliphatic heterocycles. The molecule has 12 nitrogen and oxygen atoms in total. The average molecular weight is 917 g/mol. The molecule has 6 unspecified atom stereocenters. The molecule has 3 aromatic carbocycles. The second kappa shape index (κ2) is 13.5. The van der Waals surface area contributed by atoms with Gasteiger partial charge in [-0.2, -0.15) is 5.10 Å². The number of halogens is 2. The normalized spacial score (nSPS) is 25.5. The molecule has 3 fully saturated rings. The van der Waals surface area contributed by atoms with Crippen LogP contribution in [0.4, 0.5) is 11.5 Å². The minimum Gasteiger partial charge on any atom is -0.504 e. The Balaban J connectivity index is 1.16. The minimum absolute atomic E-state index is 0.0623. The van der Waals surface area contributed by atoms with Crippen LogP contribution in [0.1, 0.15) is 36.8 Å². The lowest BCUT2D eigenvalue weighted by Crippen LogP contribution is -2.49. The molecule has 6 atom stereocenters. The number of rotatable bonds is 6. The number of hydrogen-bond acceptors (Lipinski definition) is 10. The molecule has 0 bridgehead atoms. The number of fused-ring (bicyclic) bond motifs is 5. The molecule has 2 aliphatic carbocycles. The Morgan fingerprint density at radius 3 is 2.51 bits per heavy atom. The van der Waals surface area contributed by atoms with Crippen molar-refractivity contribution < 1.29 is 39.1 Å². The van der Waals surface area contributed by atoms with Crippen molar-refractivity contribution in [2.45, 2.75) is 32.6 Å². The van der Waals surface area contributed by atoms with Crippen molar-refractivity contribution in [3.8, 4) is 22.1 Å². The van der Waals surface area contributed by atoms with Gasteiger partial charge in [-0.15, -0.1) is 11.3 Å². The highest BCUT2D eigenvalue weighted by Crippen LogP contribution is 2.64. The summed E-state index contributed by atoms with van der Waals surface area (Å²) in [5.74, 6) is -5.06. The van der Waals surface area contributed by atoms with Gasteiger partial charge in [0.15, 0.2) is 11.5 Å². The first kappa shape index (κ1) is 38.0. The number of ether oxygens (including phenoxy) is 1. The number of imide groups is 2. The number of phenolic OH excluding ortho intramolecular Hbond substituents is 1. The molecular formula is C41H35BClIN4O8S. The summed E-state index contributed by atoms with van der Waals surface area (Å²) in [7, 11) is 1.34. The van der Waals surface area contributed by atoms with Crippen molar-refractivity contribution in [1.29, 1.82) is 0 Å². The van der Waals surface area contributed by atoms with Crippen LogP contribution < -0.4 is 20.0 Å². The lowest BCUT2D eigenvalue weighted by Gasteiger charge is -2.49. The number of methoxy groups -OCH3 is 1. The van der Waals surface area contributed by atoms with Gasteiger partial charge in [-0.1, -0.05) is 35.4 Å². The van der Waals surface area contributed by atoms with E-state index in [1.165, 1.54) is 24.1 Å². The topological polar surface area (TPSA) is 162 Å². The van der Waals surface area contributed by atoms with E-state index in [0.29, 0.717) is 25.7 Å². The van der Waals surface area contributed by atoms with Gasteiger partial charge in [0.25, 0.3) is 0 Å². The molecule has 9 rings (SSSR count). The Kier molecular flexibility index (Phi) is 9.01. The summed E-state index contributed by atoms with van der Waals surface area (Å²) >= 11 is 9.88. The van der Waals surface area contributed by atoms with Crippen molar-refractivity contribution >= 4 is 103 Å². The summed E-state index contributed by atoms with van der Waals surface area (Å²) in [5, 5.41) is 37.0. The van der Waals surface area contributed by atoms with Gasteiger partial charge in [0, 0.05) is 28.8 Å². The van der Waals surface area contributed by atoms with Crippen LogP contribution in [0.5, 0.6) is 11.5 Å². The fourth-order valence-corrected chi connectivity index (χ4v) is 11.8. The zero-order valence-electron chi connectivity index (χ0n) is 31.1. The third-order valence-corrected chi connectivity index (χ3v) is 14.9. The van der Waals surface area contributed by atoms with Crippen molar-refractivity contribution in [2.75, 3.05) is 16.9 Å². The third kappa shape index (κ3) is 5.49. The standard InChI is InChI=1S/C41H35BClIN4O8S/c1-18-25-15-21(43)8-11-31(25)57-36(18)29-17-32(46(3)45-29)48-38(51)27-16-26-23(34(41(27,2)40(48)53)19-12-28(44)35(49)30(13-19)56-4)9-10-24-33(26)39(52)47(37(24)50)22-7-5-6-20(14-22)42(54)55/h5-9,11-15,17,24,26-27,33-34,49,54-55H,10,16H2,1-4H3. The number of aromatic hydroxyl groups is 1. The number of aryl methyl sites for hydroxylation is 2. The fourth-order valence-electron chi connectivity index (χ4n) is 9.82. The van der Waals surface area contributed by atoms with Crippen molar-refractivity contribution in [3.05, 3.63) is 92.0 Å². The van der Waals surface area contributed by atoms with Gasteiger partial charge < -0.3 is 19.9 Å². The number of nitrogens with zero attached hydrogens (tertiary/aromatic N) is 4. The van der Waals surface area contributed by atoms with Gasteiger partial charge in [0.05, 0.1) is 44.4 Å². The first-order valence-electron chi connectivity index (χ1n) is 18.4. The number of phenols is 1. The highest BCUT2D eigenvalue weighted by Gasteiger charge is 2.68. The molecular weight excluding hydrogens is 882 g/mol. The van der Waals surface area contributed by atoms with Gasteiger partial charge in [-0.05, 0) is 120 Å². The predicted molar refractivity (Wildman–Crippen MR) is 225 cm³/mol. The number of carbonyl (C=O) groups is 4. The Hall–Kier alpha value is -4.55. The molecule has 5 aromatic rings. The third-order valence-electron chi connectivity index (χ3n) is 12.5. The first-order chi connectivity index (χ1) is 27.1. The summed E-state index contributed by atoms with van der Waals surface area (Å²) in [6, 6.07) is 16.9. The number of carbonyl (C=O) groups excluding carboxylic acids is 4. The number of thiophene rings is 1. The molecule has 4 aliphatic rings. The second-order valence-corrected chi connectivity index (χ2v) is 18.1. The molecule has 3 N–H and O–H groups in total. The summed E-state index contributed by atoms with van der Waals surface area (Å²) in [6.07, 6.45) is 2.31. The Labute approximate surface area is 350 Å². The summed E-state index contributed by atoms with van der Waals surface area (Å²) in [4.78, 5) is 62.0. The van der Waals surface area contributed by atoms with Gasteiger partial charge in [-0.3, -0.25) is 28.8 Å². The first-order valence-corrected chi connectivity index (χ1v) is 20.6. The lowest BCUT2D eigenvalue weighted by molar-refractivity contribution is -0.131. The van der Waals surface area contributed by atoms with Gasteiger partial charge in [-0.25, -0.2) is 4.90 Å². The van der Waals surface area contributed by atoms with E-state index in [-0.39, 0.29) is 35.5 Å². The monoisotopic (exact) mass is 916 g/mol. The summed E-state index contributed by atoms with van der Waals surface area (Å²) in [5.41, 5.74) is 1.99. The van der Waals surface area contributed by atoms with E-state index < -0.39 is 65.8 Å². The lowest BCUT2D eigenvalue weighted by atomic mass is 9.51. The molecule has 2 aromatic heterocycles. The molecule has 57 heavy (non-hydrogen) atoms. The van der Waals surface area contributed by atoms with E-state index in [0.717, 1.165) is 31.0 Å². The highest BCUT2D eigenvalue weighted by molar-refractivity contribution is 14.1. The van der Waals surface area contributed by atoms with E-state index in [2.05, 4.69) is 0 Å². The van der Waals surface area contributed by atoms with Gasteiger partial charge >= 0.3 is 7.12 Å². The Morgan fingerprint density at radius 1 is 1.00 bits per heavy atom. The maximum Gasteiger partial charge on any atom is 0.488 e. The SMILES string of the molecule is COc1cc(C2C3=CCC4C(=O)N(c5cccc(B(O)O)c5)C(=O)C4C3CC3C(=O)N(c4cc(-c5sc6ccc(Cl)cc6c5C)nn4C)C(=O)C32C)cc(I)c1O. The van der Waals surface area contributed by atoms with Crippen molar-refractivity contribution in [2.24, 2.45) is 36.1 Å². The van der Waals surface area contributed by atoms with Crippen LogP contribution in [0.15, 0.2) is 72.3 Å². The van der Waals surface area contributed by atoms with E-state index in [1.807, 2.05) is 53.8 Å². The molecule has 0 radical (unpaired) electrons. The minimum atomic E-state index is -1.80. The molecule has 4 amide bonds. The molecule has 290 valence electrons. The quantitative estimate of drug-likeness (QED) is 0.0841. The molecule has 1 saturated carbocycles. The zero-order chi connectivity index (χ0) is 40.4. The van der Waals surface area contributed by atoms with E-state index in [9.17, 15) is 29.5 Å². The van der Waals surface area contributed by atoms with Crippen molar-refractivity contribution in [3.63, 3.8) is 0 Å². The maximum absolute atomic E-state index is 15.2. The molecule has 2 saturated heterocycles. The van der Waals surface area contributed by atoms with Crippen LogP contribution >= 0.6 is 45.5 Å². The van der Waals surface area contributed by atoms with Gasteiger partial charge in [0.2, 0.25) is 23.6 Å². The van der Waals surface area contributed by atoms with E-state index in [4.69, 9.17) is 21.4 Å². The largest absolute Gasteiger partial charge is 0.504 e. The average Bonchev–Trinajstić information content (AvgIpc) is 3.85. The summed E-state index contributed by atoms with van der Waals surface area (Å²) in [6.45, 7) is 3.79. The van der Waals surface area contributed by atoms with E-state index in [1.54, 1.807) is 60.3 Å². The van der Waals surface area contributed by atoms with Crippen LogP contribution in [0.3, 0.4) is 0 Å². The van der Waals surface area contributed by atoms with Crippen LogP contribution in [-0.4, -0.2) is 62.8 Å². The predicted octanol–water partition coefficient (Wildman–Crippen LogP) is 5.70. The Morgan fingerprint density at radius 2 is 1.77 bits per heavy atom. The van der Waals surface area contributed by atoms with Crippen LogP contribution in [0.2, 0.25) is 5.02 Å². The number of anilines is 2. The zero-order valence-corrected chi connectivity index (χ0v) is 34.8.